The fourth-order valence-electron chi connectivity index (χ4n) is 3.13. The molecule has 0 bridgehead atoms. The van der Waals surface area contributed by atoms with E-state index in [1.54, 1.807) is 24.3 Å². The molecule has 0 atom stereocenters. The summed E-state index contributed by atoms with van der Waals surface area (Å²) in [7, 11) is 1.50. The highest BCUT2D eigenvalue weighted by atomic mass is 16.6. The monoisotopic (exact) mass is 413 g/mol. The predicted octanol–water partition coefficient (Wildman–Crippen LogP) is 5.36. The van der Waals surface area contributed by atoms with E-state index in [-0.39, 0.29) is 12.4 Å². The van der Waals surface area contributed by atoms with Gasteiger partial charge in [-0.25, -0.2) is 4.79 Å². The van der Waals surface area contributed by atoms with Crippen molar-refractivity contribution in [3.05, 3.63) is 89.0 Å². The minimum absolute atomic E-state index is 0.219. The van der Waals surface area contributed by atoms with Gasteiger partial charge in [-0.05, 0) is 54.3 Å². The quantitative estimate of drug-likeness (QED) is 0.226. The Kier molecular flexibility index (Phi) is 7.08. The Morgan fingerprint density at radius 3 is 2.32 bits per heavy atom. The molecule has 0 aliphatic rings. The first kappa shape index (κ1) is 21.7. The van der Waals surface area contributed by atoms with Crippen LogP contribution in [0.3, 0.4) is 0 Å². The predicted molar refractivity (Wildman–Crippen MR) is 120 cm³/mol. The number of ether oxygens (including phenoxy) is 3. The number of nitriles is 1. The molecule has 5 heteroatoms. The first-order valence-corrected chi connectivity index (χ1v) is 9.76. The van der Waals surface area contributed by atoms with Crippen molar-refractivity contribution in [2.45, 2.75) is 13.8 Å². The van der Waals surface area contributed by atoms with Crippen molar-refractivity contribution in [1.29, 1.82) is 5.26 Å². The summed E-state index contributed by atoms with van der Waals surface area (Å²) in [6, 6.07) is 22.5. The van der Waals surface area contributed by atoms with Crippen LogP contribution < -0.4 is 14.2 Å². The molecule has 3 aromatic carbocycles. The number of para-hydroxylation sites is 1. The number of hydrogen-bond acceptors (Lipinski definition) is 5. The SMILES string of the molecule is COc1cc(/C=C(/C#N)c2ccccc2)ccc1OC(=O)COc1c(C)cccc1C. The van der Waals surface area contributed by atoms with Crippen molar-refractivity contribution < 1.29 is 19.0 Å². The van der Waals surface area contributed by atoms with Gasteiger partial charge in [0.1, 0.15) is 5.75 Å². The molecule has 0 saturated heterocycles. The molecule has 3 rings (SSSR count). The second-order valence-corrected chi connectivity index (χ2v) is 6.93. The number of allylic oxidation sites excluding steroid dienone is 1. The van der Waals surface area contributed by atoms with Crippen LogP contribution in [0.15, 0.2) is 66.7 Å². The Morgan fingerprint density at radius 1 is 0.968 bits per heavy atom. The molecule has 0 spiro atoms. The normalized spacial score (nSPS) is 10.8. The third kappa shape index (κ3) is 5.52. The van der Waals surface area contributed by atoms with E-state index < -0.39 is 5.97 Å². The van der Waals surface area contributed by atoms with Crippen LogP contribution in [0, 0.1) is 25.2 Å². The lowest BCUT2D eigenvalue weighted by molar-refractivity contribution is -0.136. The summed E-state index contributed by atoms with van der Waals surface area (Å²) in [6.07, 6.45) is 1.76. The average molecular weight is 413 g/mol. The maximum Gasteiger partial charge on any atom is 0.349 e. The first-order chi connectivity index (χ1) is 15.0. The maximum atomic E-state index is 12.3. The lowest BCUT2D eigenvalue weighted by Crippen LogP contribution is -2.18. The van der Waals surface area contributed by atoms with E-state index in [0.29, 0.717) is 17.1 Å². The van der Waals surface area contributed by atoms with Crippen molar-refractivity contribution in [1.82, 2.24) is 0 Å². The Labute approximate surface area is 182 Å². The van der Waals surface area contributed by atoms with E-state index in [4.69, 9.17) is 14.2 Å². The molecule has 0 N–H and O–H groups in total. The van der Waals surface area contributed by atoms with E-state index in [0.717, 1.165) is 22.3 Å². The lowest BCUT2D eigenvalue weighted by atomic mass is 10.0. The van der Waals surface area contributed by atoms with Gasteiger partial charge in [0.05, 0.1) is 18.8 Å². The number of benzene rings is 3. The maximum absolute atomic E-state index is 12.3. The Morgan fingerprint density at radius 2 is 1.68 bits per heavy atom. The van der Waals surface area contributed by atoms with Gasteiger partial charge in [-0.15, -0.1) is 0 Å². The zero-order valence-electron chi connectivity index (χ0n) is 17.7. The Hall–Kier alpha value is -4.04. The van der Waals surface area contributed by atoms with Gasteiger partial charge in [0.15, 0.2) is 18.1 Å². The molecule has 0 saturated carbocycles. The standard InChI is InChI=1S/C26H23NO4/c1-18-8-7-9-19(2)26(18)30-17-25(28)31-23-13-12-20(15-24(23)29-3)14-22(16-27)21-10-5-4-6-11-21/h4-15H,17H2,1-3H3/b22-14-. The van der Waals surface area contributed by atoms with Crippen LogP contribution in [-0.2, 0) is 4.79 Å². The van der Waals surface area contributed by atoms with Crippen LogP contribution in [0.25, 0.3) is 11.6 Å². The number of rotatable bonds is 7. The number of carbonyl (C=O) groups is 1. The summed E-state index contributed by atoms with van der Waals surface area (Å²) in [5, 5.41) is 9.50. The highest BCUT2D eigenvalue weighted by molar-refractivity contribution is 5.90. The Bertz CT molecular complexity index is 1120. The number of nitrogens with zero attached hydrogens (tertiary/aromatic N) is 1. The topological polar surface area (TPSA) is 68.5 Å². The molecule has 0 aromatic heterocycles. The van der Waals surface area contributed by atoms with Crippen LogP contribution in [0.1, 0.15) is 22.3 Å². The first-order valence-electron chi connectivity index (χ1n) is 9.76. The van der Waals surface area contributed by atoms with Gasteiger partial charge < -0.3 is 14.2 Å². The van der Waals surface area contributed by atoms with Crippen LogP contribution in [0.4, 0.5) is 0 Å². The summed E-state index contributed by atoms with van der Waals surface area (Å²) in [6.45, 7) is 3.63. The van der Waals surface area contributed by atoms with Gasteiger partial charge in [0.2, 0.25) is 0 Å². The van der Waals surface area contributed by atoms with Gasteiger partial charge in [0.25, 0.3) is 0 Å². The van der Waals surface area contributed by atoms with Crippen LogP contribution in [-0.4, -0.2) is 19.7 Å². The smallest absolute Gasteiger partial charge is 0.349 e. The highest BCUT2D eigenvalue weighted by Crippen LogP contribution is 2.30. The van der Waals surface area contributed by atoms with Gasteiger partial charge >= 0.3 is 5.97 Å². The number of esters is 1. The van der Waals surface area contributed by atoms with Crippen molar-refractivity contribution in [2.24, 2.45) is 0 Å². The molecular weight excluding hydrogens is 390 g/mol. The third-order valence-electron chi connectivity index (χ3n) is 4.67. The summed E-state index contributed by atoms with van der Waals surface area (Å²) >= 11 is 0. The zero-order valence-corrected chi connectivity index (χ0v) is 17.7. The minimum atomic E-state index is -0.536. The molecule has 0 fully saturated rings. The summed E-state index contributed by atoms with van der Waals surface area (Å²) in [4.78, 5) is 12.3. The third-order valence-corrected chi connectivity index (χ3v) is 4.67. The number of carbonyl (C=O) groups excluding carboxylic acids is 1. The second-order valence-electron chi connectivity index (χ2n) is 6.93. The molecular formula is C26H23NO4. The van der Waals surface area contributed by atoms with Crippen molar-refractivity contribution in [3.63, 3.8) is 0 Å². The summed E-state index contributed by atoms with van der Waals surface area (Å²) in [5.41, 5.74) is 4.00. The van der Waals surface area contributed by atoms with E-state index in [9.17, 15) is 10.1 Å². The van der Waals surface area contributed by atoms with E-state index in [1.165, 1.54) is 7.11 Å². The largest absolute Gasteiger partial charge is 0.493 e. The zero-order chi connectivity index (χ0) is 22.2. The number of hydrogen-bond donors (Lipinski definition) is 0. The molecule has 0 radical (unpaired) electrons. The van der Waals surface area contributed by atoms with E-state index >= 15 is 0 Å². The highest BCUT2D eigenvalue weighted by Gasteiger charge is 2.13. The minimum Gasteiger partial charge on any atom is -0.493 e. The van der Waals surface area contributed by atoms with Crippen molar-refractivity contribution in [3.8, 4) is 23.3 Å². The van der Waals surface area contributed by atoms with Gasteiger partial charge in [0, 0.05) is 0 Å². The molecule has 0 amide bonds. The van der Waals surface area contributed by atoms with E-state index in [2.05, 4.69) is 6.07 Å². The fraction of sp³-hybridized carbons (Fsp3) is 0.154. The second kappa shape index (κ2) is 10.1. The molecule has 0 heterocycles. The summed E-state index contributed by atoms with van der Waals surface area (Å²) in [5.74, 6) is 0.815. The van der Waals surface area contributed by atoms with Crippen molar-refractivity contribution >= 4 is 17.6 Å². The van der Waals surface area contributed by atoms with Crippen molar-refractivity contribution in [2.75, 3.05) is 13.7 Å². The molecule has 3 aromatic rings. The number of methoxy groups -OCH3 is 1. The van der Waals surface area contributed by atoms with Gasteiger partial charge in [-0.2, -0.15) is 5.26 Å². The molecule has 0 aliphatic carbocycles. The van der Waals surface area contributed by atoms with Crippen LogP contribution in [0.2, 0.25) is 0 Å². The summed E-state index contributed by atoms with van der Waals surface area (Å²) < 4.78 is 16.5. The Balaban J connectivity index is 1.73. The van der Waals surface area contributed by atoms with Crippen LogP contribution in [0.5, 0.6) is 17.2 Å². The number of aryl methyl sites for hydroxylation is 2. The van der Waals surface area contributed by atoms with E-state index in [1.807, 2.05) is 62.4 Å². The molecule has 0 aliphatic heterocycles. The molecule has 31 heavy (non-hydrogen) atoms. The molecule has 5 nitrogen and oxygen atoms in total. The fourth-order valence-corrected chi connectivity index (χ4v) is 3.13. The molecule has 0 unspecified atom stereocenters. The van der Waals surface area contributed by atoms with Crippen LogP contribution >= 0.6 is 0 Å². The van der Waals surface area contributed by atoms with Gasteiger partial charge in [-0.3, -0.25) is 0 Å². The van der Waals surface area contributed by atoms with Gasteiger partial charge in [-0.1, -0.05) is 54.6 Å². The lowest BCUT2D eigenvalue weighted by Gasteiger charge is -2.13. The average Bonchev–Trinajstić information content (AvgIpc) is 2.78. The molecule has 156 valence electrons.